The van der Waals surface area contributed by atoms with Crippen LogP contribution in [0.3, 0.4) is 0 Å². The van der Waals surface area contributed by atoms with E-state index in [9.17, 15) is 9.90 Å². The van der Waals surface area contributed by atoms with Crippen molar-refractivity contribution in [2.45, 2.75) is 51.7 Å². The minimum atomic E-state index is -0.0331. The number of ether oxygens (including phenoxy) is 1. The van der Waals surface area contributed by atoms with E-state index < -0.39 is 0 Å². The van der Waals surface area contributed by atoms with Crippen molar-refractivity contribution in [2.75, 3.05) is 13.2 Å². The Morgan fingerprint density at radius 3 is 2.44 bits per heavy atom. The van der Waals surface area contributed by atoms with E-state index in [2.05, 4.69) is 20.8 Å². The van der Waals surface area contributed by atoms with Crippen molar-refractivity contribution in [3.8, 4) is 5.75 Å². The fraction of sp³-hybridized carbons (Fsp3) is 0.435. The van der Waals surface area contributed by atoms with E-state index in [-0.39, 0.29) is 23.2 Å². The van der Waals surface area contributed by atoms with E-state index in [1.807, 2.05) is 36.4 Å². The number of amides is 1. The normalized spacial score (nSPS) is 17.1. The third kappa shape index (κ3) is 4.89. The first kappa shape index (κ1) is 19.4. The third-order valence-electron chi connectivity index (χ3n) is 5.09. The summed E-state index contributed by atoms with van der Waals surface area (Å²) in [5, 5.41) is 10.1. The van der Waals surface area contributed by atoms with Crippen molar-refractivity contribution in [3.63, 3.8) is 0 Å². The van der Waals surface area contributed by atoms with E-state index in [1.54, 1.807) is 17.0 Å². The molecule has 1 unspecified atom stereocenters. The number of nitrogens with zero attached hydrogens (tertiary/aromatic N) is 1. The van der Waals surface area contributed by atoms with Gasteiger partial charge < -0.3 is 14.7 Å². The molecule has 1 fully saturated rings. The fourth-order valence-electron chi connectivity index (χ4n) is 3.40. The molecule has 3 rings (SSSR count). The zero-order chi connectivity index (χ0) is 19.4. The van der Waals surface area contributed by atoms with Crippen LogP contribution in [0.4, 0.5) is 0 Å². The van der Waals surface area contributed by atoms with Crippen LogP contribution < -0.4 is 0 Å². The lowest BCUT2D eigenvalue weighted by molar-refractivity contribution is 0.0506. The Morgan fingerprint density at radius 1 is 1.15 bits per heavy atom. The minimum Gasteiger partial charge on any atom is -0.508 e. The fourth-order valence-corrected chi connectivity index (χ4v) is 3.40. The van der Waals surface area contributed by atoms with Gasteiger partial charge in [-0.25, -0.2) is 0 Å². The summed E-state index contributed by atoms with van der Waals surface area (Å²) < 4.78 is 5.74. The molecule has 2 aromatic rings. The molecule has 1 atom stereocenters. The molecule has 27 heavy (non-hydrogen) atoms. The van der Waals surface area contributed by atoms with Gasteiger partial charge in [0.1, 0.15) is 5.75 Å². The summed E-state index contributed by atoms with van der Waals surface area (Å²) in [6.45, 7) is 8.13. The lowest BCUT2D eigenvalue weighted by Crippen LogP contribution is -2.37. The van der Waals surface area contributed by atoms with Gasteiger partial charge in [-0.3, -0.25) is 4.79 Å². The summed E-state index contributed by atoms with van der Waals surface area (Å²) in [5.41, 5.74) is 2.66. The number of carbonyl (C=O) groups excluding carboxylic acids is 1. The zero-order valence-corrected chi connectivity index (χ0v) is 16.4. The molecule has 0 bridgehead atoms. The number of benzene rings is 2. The van der Waals surface area contributed by atoms with E-state index in [1.165, 1.54) is 5.56 Å². The van der Waals surface area contributed by atoms with Crippen LogP contribution in [0.5, 0.6) is 5.75 Å². The first-order valence-corrected chi connectivity index (χ1v) is 9.63. The number of hydrogen-bond acceptors (Lipinski definition) is 3. The smallest absolute Gasteiger partial charge is 0.254 e. The predicted octanol–water partition coefficient (Wildman–Crippen LogP) is 4.51. The number of carbonyl (C=O) groups is 1. The molecule has 1 aliphatic rings. The summed E-state index contributed by atoms with van der Waals surface area (Å²) in [7, 11) is 0. The molecule has 1 N–H and O–H groups in total. The molecule has 1 heterocycles. The maximum atomic E-state index is 13.2. The zero-order valence-electron chi connectivity index (χ0n) is 16.4. The third-order valence-corrected chi connectivity index (χ3v) is 5.09. The number of phenols is 1. The number of phenolic OH excluding ortho intramolecular Hbond substituents is 1. The maximum Gasteiger partial charge on any atom is 0.254 e. The van der Waals surface area contributed by atoms with Gasteiger partial charge in [0.05, 0.1) is 6.10 Å². The van der Waals surface area contributed by atoms with E-state index in [4.69, 9.17) is 4.74 Å². The topological polar surface area (TPSA) is 49.8 Å². The van der Waals surface area contributed by atoms with Gasteiger partial charge in [0, 0.05) is 30.8 Å². The molecule has 1 aliphatic heterocycles. The van der Waals surface area contributed by atoms with E-state index in [0.29, 0.717) is 18.7 Å². The van der Waals surface area contributed by atoms with Crippen LogP contribution in [0.1, 0.15) is 55.1 Å². The maximum absolute atomic E-state index is 13.2. The SMILES string of the molecule is CC(C)(C)c1ccc(C(=O)N(Cc2ccccc2O)CC2CCCO2)cc1. The quantitative estimate of drug-likeness (QED) is 0.846. The molecule has 0 spiro atoms. The molecule has 0 aliphatic carbocycles. The monoisotopic (exact) mass is 367 g/mol. The van der Waals surface area contributed by atoms with Crippen LogP contribution in [-0.4, -0.2) is 35.2 Å². The predicted molar refractivity (Wildman–Crippen MR) is 107 cm³/mol. The molecule has 4 nitrogen and oxygen atoms in total. The average molecular weight is 367 g/mol. The van der Waals surface area contributed by atoms with Crippen molar-refractivity contribution in [3.05, 3.63) is 65.2 Å². The summed E-state index contributed by atoms with van der Waals surface area (Å²) in [6, 6.07) is 15.0. The molecule has 0 saturated carbocycles. The Balaban J connectivity index is 1.82. The molecule has 0 radical (unpaired) electrons. The molecule has 4 heteroatoms. The molecular formula is C23H29NO3. The number of para-hydroxylation sites is 1. The second-order valence-corrected chi connectivity index (χ2v) is 8.28. The molecule has 2 aromatic carbocycles. The second-order valence-electron chi connectivity index (χ2n) is 8.28. The first-order valence-electron chi connectivity index (χ1n) is 9.63. The molecular weight excluding hydrogens is 338 g/mol. The Kier molecular flexibility index (Phi) is 5.85. The Bertz CT molecular complexity index is 771. The van der Waals surface area contributed by atoms with Gasteiger partial charge in [0.2, 0.25) is 0 Å². The molecule has 144 valence electrons. The highest BCUT2D eigenvalue weighted by atomic mass is 16.5. The van der Waals surface area contributed by atoms with Crippen LogP contribution in [0.15, 0.2) is 48.5 Å². The number of rotatable bonds is 5. The van der Waals surface area contributed by atoms with Gasteiger partial charge in [-0.15, -0.1) is 0 Å². The minimum absolute atomic E-state index is 0.0331. The van der Waals surface area contributed by atoms with Gasteiger partial charge >= 0.3 is 0 Å². The Morgan fingerprint density at radius 2 is 1.85 bits per heavy atom. The second kappa shape index (κ2) is 8.13. The van der Waals surface area contributed by atoms with Gasteiger partial charge in [-0.05, 0) is 42.0 Å². The highest BCUT2D eigenvalue weighted by molar-refractivity contribution is 5.94. The lowest BCUT2D eigenvalue weighted by atomic mass is 9.86. The van der Waals surface area contributed by atoms with Gasteiger partial charge in [0.25, 0.3) is 5.91 Å². The molecule has 1 saturated heterocycles. The lowest BCUT2D eigenvalue weighted by Gasteiger charge is -2.26. The summed E-state index contributed by atoms with van der Waals surface area (Å²) in [6.07, 6.45) is 2.06. The summed E-state index contributed by atoms with van der Waals surface area (Å²) >= 11 is 0. The standard InChI is InChI=1S/C23H29NO3/c1-23(2,3)19-12-10-17(11-13-19)22(26)24(16-20-8-6-14-27-20)15-18-7-4-5-9-21(18)25/h4-5,7,9-13,20,25H,6,8,14-16H2,1-3H3. The highest BCUT2D eigenvalue weighted by Gasteiger charge is 2.24. The van der Waals surface area contributed by atoms with Crippen molar-refractivity contribution in [2.24, 2.45) is 0 Å². The number of hydrogen-bond donors (Lipinski definition) is 1. The Labute approximate surface area is 161 Å². The average Bonchev–Trinajstić information content (AvgIpc) is 3.15. The van der Waals surface area contributed by atoms with Gasteiger partial charge in [-0.1, -0.05) is 51.1 Å². The summed E-state index contributed by atoms with van der Waals surface area (Å²) in [5.74, 6) is 0.180. The van der Waals surface area contributed by atoms with Crippen molar-refractivity contribution < 1.29 is 14.6 Å². The van der Waals surface area contributed by atoms with Crippen molar-refractivity contribution >= 4 is 5.91 Å². The largest absolute Gasteiger partial charge is 0.508 e. The molecule has 0 aromatic heterocycles. The van der Waals surface area contributed by atoms with Crippen molar-refractivity contribution in [1.29, 1.82) is 0 Å². The molecule has 1 amide bonds. The van der Waals surface area contributed by atoms with Crippen LogP contribution in [0.2, 0.25) is 0 Å². The first-order chi connectivity index (χ1) is 12.8. The van der Waals surface area contributed by atoms with Crippen LogP contribution in [0, 0.1) is 0 Å². The number of aromatic hydroxyl groups is 1. The Hall–Kier alpha value is -2.33. The highest BCUT2D eigenvalue weighted by Crippen LogP contribution is 2.24. The van der Waals surface area contributed by atoms with Crippen LogP contribution in [0.25, 0.3) is 0 Å². The summed E-state index contributed by atoms with van der Waals surface area (Å²) in [4.78, 5) is 15.0. The van der Waals surface area contributed by atoms with Crippen molar-refractivity contribution in [1.82, 2.24) is 4.90 Å². The van der Waals surface area contributed by atoms with Gasteiger partial charge in [0.15, 0.2) is 0 Å². The van der Waals surface area contributed by atoms with Crippen LogP contribution in [-0.2, 0) is 16.7 Å². The van der Waals surface area contributed by atoms with E-state index >= 15 is 0 Å². The van der Waals surface area contributed by atoms with Gasteiger partial charge in [-0.2, -0.15) is 0 Å². The van der Waals surface area contributed by atoms with E-state index in [0.717, 1.165) is 25.0 Å². The van der Waals surface area contributed by atoms with Crippen LogP contribution >= 0.6 is 0 Å².